The molecule has 1 aliphatic carbocycles. The first-order chi connectivity index (χ1) is 7.34. The van der Waals surface area contributed by atoms with Crippen LogP contribution in [0.1, 0.15) is 37.2 Å². The molecule has 2 aliphatic rings. The van der Waals surface area contributed by atoms with E-state index >= 15 is 0 Å². The van der Waals surface area contributed by atoms with Crippen molar-refractivity contribution in [3.63, 3.8) is 0 Å². The molecule has 1 aromatic rings. The second-order valence-corrected chi connectivity index (χ2v) is 5.53. The molecule has 3 rings (SSSR count). The smallest absolute Gasteiger partial charge is 0.0377 e. The lowest BCUT2D eigenvalue weighted by Gasteiger charge is -2.18. The fraction of sp³-hybridized carbons (Fsp3) is 0.538. The van der Waals surface area contributed by atoms with Gasteiger partial charge >= 0.3 is 0 Å². The summed E-state index contributed by atoms with van der Waals surface area (Å²) in [7, 11) is 0. The van der Waals surface area contributed by atoms with Gasteiger partial charge in [-0.1, -0.05) is 22.0 Å². The maximum Gasteiger partial charge on any atom is 0.0377 e. The van der Waals surface area contributed by atoms with E-state index in [4.69, 9.17) is 0 Å². The van der Waals surface area contributed by atoms with E-state index in [9.17, 15) is 0 Å². The van der Waals surface area contributed by atoms with Crippen LogP contribution in [0.3, 0.4) is 0 Å². The largest absolute Gasteiger partial charge is 0.372 e. The van der Waals surface area contributed by atoms with Gasteiger partial charge in [0.1, 0.15) is 0 Å². The number of benzene rings is 1. The third-order valence-electron chi connectivity index (χ3n) is 3.47. The van der Waals surface area contributed by atoms with E-state index in [1.54, 1.807) is 0 Å². The third-order valence-corrected chi connectivity index (χ3v) is 4.16. The molecule has 0 amide bonds. The van der Waals surface area contributed by atoms with Gasteiger partial charge in [-0.2, -0.15) is 0 Å². The summed E-state index contributed by atoms with van der Waals surface area (Å²) >= 11 is 3.71. The van der Waals surface area contributed by atoms with Crippen molar-refractivity contribution in [2.24, 2.45) is 0 Å². The lowest BCUT2D eigenvalue weighted by Crippen LogP contribution is -2.17. The number of hydrogen-bond donors (Lipinski definition) is 0. The van der Waals surface area contributed by atoms with E-state index in [0.717, 1.165) is 5.92 Å². The van der Waals surface area contributed by atoms with Crippen LogP contribution >= 0.6 is 15.9 Å². The number of halogens is 1. The molecule has 1 saturated heterocycles. The monoisotopic (exact) mass is 265 g/mol. The Kier molecular flexibility index (Phi) is 2.47. The molecule has 80 valence electrons. The SMILES string of the molecule is Brc1cc(N2CCCC2)ccc1C1CC1. The molecule has 0 spiro atoms. The first kappa shape index (κ1) is 9.71. The van der Waals surface area contributed by atoms with E-state index in [0.29, 0.717) is 0 Å². The second kappa shape index (κ2) is 3.82. The highest BCUT2D eigenvalue weighted by molar-refractivity contribution is 9.10. The Balaban J connectivity index is 1.87. The van der Waals surface area contributed by atoms with E-state index < -0.39 is 0 Å². The average Bonchev–Trinajstić information content (AvgIpc) is 2.93. The van der Waals surface area contributed by atoms with Crippen LogP contribution in [0, 0.1) is 0 Å². The summed E-state index contributed by atoms with van der Waals surface area (Å²) in [6.45, 7) is 2.46. The van der Waals surface area contributed by atoms with Gasteiger partial charge in [-0.15, -0.1) is 0 Å². The highest BCUT2D eigenvalue weighted by Crippen LogP contribution is 2.44. The van der Waals surface area contributed by atoms with Crippen LogP contribution in [0.15, 0.2) is 22.7 Å². The van der Waals surface area contributed by atoms with Gasteiger partial charge in [0.15, 0.2) is 0 Å². The van der Waals surface area contributed by atoms with Crippen LogP contribution in [0.4, 0.5) is 5.69 Å². The third kappa shape index (κ3) is 1.92. The normalized spacial score (nSPS) is 21.0. The lowest BCUT2D eigenvalue weighted by atomic mass is 10.1. The maximum absolute atomic E-state index is 3.71. The molecule has 15 heavy (non-hydrogen) atoms. The van der Waals surface area contributed by atoms with Crippen molar-refractivity contribution < 1.29 is 0 Å². The van der Waals surface area contributed by atoms with E-state index in [-0.39, 0.29) is 0 Å². The van der Waals surface area contributed by atoms with Crippen LogP contribution in [-0.4, -0.2) is 13.1 Å². The predicted octanol–water partition coefficient (Wildman–Crippen LogP) is 3.93. The quantitative estimate of drug-likeness (QED) is 0.784. The zero-order valence-electron chi connectivity index (χ0n) is 8.88. The van der Waals surface area contributed by atoms with E-state index in [1.165, 1.54) is 54.5 Å². The maximum atomic E-state index is 3.71. The average molecular weight is 266 g/mol. The van der Waals surface area contributed by atoms with Crippen molar-refractivity contribution in [1.82, 2.24) is 0 Å². The molecule has 1 aliphatic heterocycles. The Bertz CT molecular complexity index is 365. The summed E-state index contributed by atoms with van der Waals surface area (Å²) in [4.78, 5) is 2.49. The van der Waals surface area contributed by atoms with Crippen LogP contribution in [0.5, 0.6) is 0 Å². The number of hydrogen-bond acceptors (Lipinski definition) is 1. The topological polar surface area (TPSA) is 3.24 Å². The standard InChI is InChI=1S/C13H16BrN/c14-13-9-11(15-7-1-2-8-15)5-6-12(13)10-3-4-10/h5-6,9-10H,1-4,7-8H2. The molecule has 0 aromatic heterocycles. The Labute approximate surface area is 99.6 Å². The van der Waals surface area contributed by atoms with Gasteiger partial charge in [0.05, 0.1) is 0 Å². The summed E-state index contributed by atoms with van der Waals surface area (Å²) in [6.07, 6.45) is 5.45. The van der Waals surface area contributed by atoms with Gasteiger partial charge in [0.2, 0.25) is 0 Å². The van der Waals surface area contributed by atoms with Crippen LogP contribution in [-0.2, 0) is 0 Å². The summed E-state index contributed by atoms with van der Waals surface area (Å²) in [5.41, 5.74) is 2.90. The minimum Gasteiger partial charge on any atom is -0.372 e. The molecule has 2 fully saturated rings. The van der Waals surface area contributed by atoms with Crippen molar-refractivity contribution in [3.8, 4) is 0 Å². The Morgan fingerprint density at radius 1 is 1.13 bits per heavy atom. The Morgan fingerprint density at radius 2 is 1.87 bits per heavy atom. The van der Waals surface area contributed by atoms with Crippen molar-refractivity contribution in [3.05, 3.63) is 28.2 Å². The molecule has 1 nitrogen and oxygen atoms in total. The molecule has 2 heteroatoms. The first-order valence-corrected chi connectivity index (χ1v) is 6.68. The molecule has 1 heterocycles. The lowest BCUT2D eigenvalue weighted by molar-refractivity contribution is 0.949. The van der Waals surface area contributed by atoms with Crippen molar-refractivity contribution in [2.75, 3.05) is 18.0 Å². The highest BCUT2D eigenvalue weighted by Gasteiger charge is 2.25. The fourth-order valence-corrected chi connectivity index (χ4v) is 3.10. The van der Waals surface area contributed by atoms with Gasteiger partial charge in [-0.05, 0) is 49.3 Å². The summed E-state index contributed by atoms with van der Waals surface area (Å²) in [6, 6.07) is 6.91. The van der Waals surface area contributed by atoms with Gasteiger partial charge in [-0.25, -0.2) is 0 Å². The fourth-order valence-electron chi connectivity index (χ4n) is 2.41. The molecule has 0 radical (unpaired) electrons. The number of anilines is 1. The minimum absolute atomic E-state index is 0.840. The predicted molar refractivity (Wildman–Crippen MR) is 67.6 cm³/mol. The molecule has 0 bridgehead atoms. The number of rotatable bonds is 2. The number of nitrogens with zero attached hydrogens (tertiary/aromatic N) is 1. The van der Waals surface area contributed by atoms with Crippen LogP contribution in [0.2, 0.25) is 0 Å². The molecule has 1 saturated carbocycles. The molecular formula is C13H16BrN. The summed E-state index contributed by atoms with van der Waals surface area (Å²) in [5.74, 6) is 0.840. The Hall–Kier alpha value is -0.500. The minimum atomic E-state index is 0.840. The molecule has 0 N–H and O–H groups in total. The van der Waals surface area contributed by atoms with E-state index in [2.05, 4.69) is 39.0 Å². The first-order valence-electron chi connectivity index (χ1n) is 5.89. The zero-order chi connectivity index (χ0) is 10.3. The van der Waals surface area contributed by atoms with Crippen LogP contribution in [0.25, 0.3) is 0 Å². The van der Waals surface area contributed by atoms with Gasteiger partial charge in [-0.3, -0.25) is 0 Å². The van der Waals surface area contributed by atoms with Gasteiger partial charge < -0.3 is 4.90 Å². The summed E-state index contributed by atoms with van der Waals surface area (Å²) < 4.78 is 1.31. The highest BCUT2D eigenvalue weighted by atomic mass is 79.9. The van der Waals surface area contributed by atoms with Crippen LogP contribution < -0.4 is 4.90 Å². The summed E-state index contributed by atoms with van der Waals surface area (Å²) in [5, 5.41) is 0. The molecule has 1 aromatic carbocycles. The van der Waals surface area contributed by atoms with Crippen molar-refractivity contribution in [1.29, 1.82) is 0 Å². The zero-order valence-corrected chi connectivity index (χ0v) is 10.5. The van der Waals surface area contributed by atoms with Gasteiger partial charge in [0.25, 0.3) is 0 Å². The van der Waals surface area contributed by atoms with Crippen molar-refractivity contribution in [2.45, 2.75) is 31.6 Å². The second-order valence-electron chi connectivity index (χ2n) is 4.67. The van der Waals surface area contributed by atoms with Gasteiger partial charge in [0, 0.05) is 23.2 Å². The van der Waals surface area contributed by atoms with Crippen molar-refractivity contribution >= 4 is 21.6 Å². The van der Waals surface area contributed by atoms with E-state index in [1.807, 2.05) is 0 Å². The molecular weight excluding hydrogens is 250 g/mol. The molecule has 0 atom stereocenters. The molecule has 0 unspecified atom stereocenters. The Morgan fingerprint density at radius 3 is 2.47 bits per heavy atom.